The van der Waals surface area contributed by atoms with Crippen LogP contribution in [-0.2, 0) is 9.53 Å². The first kappa shape index (κ1) is 15.1. The van der Waals surface area contributed by atoms with Crippen LogP contribution < -0.4 is 0 Å². The first-order chi connectivity index (χ1) is 9.51. The molecule has 1 aromatic carbocycles. The van der Waals surface area contributed by atoms with Crippen molar-refractivity contribution in [3.63, 3.8) is 0 Å². The average molecular weight is 330 g/mol. The Morgan fingerprint density at radius 2 is 2.15 bits per heavy atom. The van der Waals surface area contributed by atoms with Gasteiger partial charge in [-0.15, -0.1) is 5.10 Å². The molecule has 0 spiro atoms. The molecule has 106 valence electrons. The summed E-state index contributed by atoms with van der Waals surface area (Å²) in [4.78, 5) is 11.4. The summed E-state index contributed by atoms with van der Waals surface area (Å²) in [5.41, 5.74) is 0.685. The standard InChI is InChI=1S/C12H11FN2O2S3/c1-7(10(16)17-2)19-11-14-15(12(18)20-11)9-5-3-8(13)4-6-9/h3-7H,1-2H3/t7-/m1/s1. The molecule has 0 saturated carbocycles. The van der Waals surface area contributed by atoms with E-state index in [1.54, 1.807) is 23.7 Å². The molecular formula is C12H11FN2O2S3. The summed E-state index contributed by atoms with van der Waals surface area (Å²) in [6.45, 7) is 1.74. The fourth-order valence-electron chi connectivity index (χ4n) is 1.42. The summed E-state index contributed by atoms with van der Waals surface area (Å²) in [6.07, 6.45) is 0. The molecular weight excluding hydrogens is 319 g/mol. The van der Waals surface area contributed by atoms with Crippen molar-refractivity contribution in [2.45, 2.75) is 16.5 Å². The van der Waals surface area contributed by atoms with Crippen molar-refractivity contribution >= 4 is 41.3 Å². The Hall–Kier alpha value is -1.25. The summed E-state index contributed by atoms with van der Waals surface area (Å²) in [5.74, 6) is -0.631. The van der Waals surface area contributed by atoms with E-state index in [-0.39, 0.29) is 17.0 Å². The smallest absolute Gasteiger partial charge is 0.318 e. The lowest BCUT2D eigenvalue weighted by Crippen LogP contribution is -2.14. The Morgan fingerprint density at radius 3 is 2.75 bits per heavy atom. The van der Waals surface area contributed by atoms with Gasteiger partial charge in [0.2, 0.25) is 0 Å². The molecule has 0 aliphatic carbocycles. The number of aromatic nitrogens is 2. The molecule has 8 heteroatoms. The highest BCUT2D eigenvalue weighted by molar-refractivity contribution is 8.02. The fourth-order valence-corrected chi connectivity index (χ4v) is 3.95. The number of rotatable bonds is 4. The summed E-state index contributed by atoms with van der Waals surface area (Å²) < 4.78 is 20.3. The highest BCUT2D eigenvalue weighted by Crippen LogP contribution is 2.28. The summed E-state index contributed by atoms with van der Waals surface area (Å²) in [7, 11) is 1.35. The van der Waals surface area contributed by atoms with Gasteiger partial charge in [0.15, 0.2) is 8.29 Å². The van der Waals surface area contributed by atoms with Crippen LogP contribution in [0, 0.1) is 9.77 Å². The molecule has 1 atom stereocenters. The maximum atomic E-state index is 12.9. The van der Waals surface area contributed by atoms with E-state index >= 15 is 0 Å². The van der Waals surface area contributed by atoms with Gasteiger partial charge in [-0.25, -0.2) is 9.07 Å². The molecule has 20 heavy (non-hydrogen) atoms. The Labute approximate surface area is 128 Å². The second kappa shape index (κ2) is 6.47. The van der Waals surface area contributed by atoms with Crippen LogP contribution in [-0.4, -0.2) is 28.1 Å². The maximum Gasteiger partial charge on any atom is 0.318 e. The minimum atomic E-state index is -0.359. The molecule has 0 amide bonds. The van der Waals surface area contributed by atoms with E-state index in [0.717, 1.165) is 0 Å². The lowest BCUT2D eigenvalue weighted by Gasteiger charge is -2.05. The number of thioether (sulfide) groups is 1. The van der Waals surface area contributed by atoms with Crippen LogP contribution in [0.15, 0.2) is 28.6 Å². The second-order valence-corrected chi connectivity index (χ2v) is 7.02. The first-order valence-electron chi connectivity index (χ1n) is 5.62. The number of hydrogen-bond acceptors (Lipinski definition) is 6. The topological polar surface area (TPSA) is 44.1 Å². The van der Waals surface area contributed by atoms with Crippen LogP contribution in [0.4, 0.5) is 4.39 Å². The zero-order chi connectivity index (χ0) is 14.7. The zero-order valence-electron chi connectivity index (χ0n) is 10.7. The van der Waals surface area contributed by atoms with Crippen molar-refractivity contribution in [3.05, 3.63) is 34.0 Å². The van der Waals surface area contributed by atoms with Crippen LogP contribution >= 0.6 is 35.3 Å². The molecule has 0 unspecified atom stereocenters. The highest BCUT2D eigenvalue weighted by atomic mass is 32.2. The van der Waals surface area contributed by atoms with Crippen LogP contribution in [0.3, 0.4) is 0 Å². The normalized spacial score (nSPS) is 12.2. The number of carbonyl (C=O) groups excluding carboxylic acids is 1. The number of hydrogen-bond donors (Lipinski definition) is 0. The third kappa shape index (κ3) is 3.44. The number of esters is 1. The van der Waals surface area contributed by atoms with Crippen LogP contribution in [0.2, 0.25) is 0 Å². The van der Waals surface area contributed by atoms with Gasteiger partial charge >= 0.3 is 5.97 Å². The molecule has 4 nitrogen and oxygen atoms in total. The highest BCUT2D eigenvalue weighted by Gasteiger charge is 2.17. The summed E-state index contributed by atoms with van der Waals surface area (Å²) >= 11 is 7.81. The SMILES string of the molecule is COC(=O)[C@@H](C)Sc1nn(-c2ccc(F)cc2)c(=S)s1. The quantitative estimate of drug-likeness (QED) is 0.488. The van der Waals surface area contributed by atoms with Gasteiger partial charge in [0, 0.05) is 0 Å². The van der Waals surface area contributed by atoms with E-state index in [0.29, 0.717) is 14.0 Å². The molecule has 1 heterocycles. The van der Waals surface area contributed by atoms with Gasteiger partial charge in [-0.3, -0.25) is 4.79 Å². The van der Waals surface area contributed by atoms with E-state index < -0.39 is 0 Å². The van der Waals surface area contributed by atoms with Crippen LogP contribution in [0.5, 0.6) is 0 Å². The average Bonchev–Trinajstić information content (AvgIpc) is 2.79. The van der Waals surface area contributed by atoms with Crippen molar-refractivity contribution in [2.24, 2.45) is 0 Å². The Morgan fingerprint density at radius 1 is 1.50 bits per heavy atom. The van der Waals surface area contributed by atoms with Gasteiger partial charge in [0.25, 0.3) is 0 Å². The van der Waals surface area contributed by atoms with Gasteiger partial charge in [-0.05, 0) is 43.4 Å². The second-order valence-electron chi connectivity index (χ2n) is 3.81. The van der Waals surface area contributed by atoms with E-state index in [9.17, 15) is 9.18 Å². The van der Waals surface area contributed by atoms with E-state index in [1.165, 1.54) is 42.3 Å². The molecule has 0 bridgehead atoms. The van der Waals surface area contributed by atoms with Crippen molar-refractivity contribution in [3.8, 4) is 5.69 Å². The van der Waals surface area contributed by atoms with E-state index in [1.807, 2.05) is 0 Å². The lowest BCUT2D eigenvalue weighted by atomic mass is 10.3. The fraction of sp³-hybridized carbons (Fsp3) is 0.250. The van der Waals surface area contributed by atoms with Crippen molar-refractivity contribution in [1.29, 1.82) is 0 Å². The number of halogens is 1. The number of methoxy groups -OCH3 is 1. The molecule has 2 rings (SSSR count). The molecule has 0 radical (unpaired) electrons. The monoisotopic (exact) mass is 330 g/mol. The maximum absolute atomic E-state index is 12.9. The van der Waals surface area contributed by atoms with E-state index in [2.05, 4.69) is 9.84 Å². The Bertz CT molecular complexity index is 666. The molecule has 0 fully saturated rings. The van der Waals surface area contributed by atoms with Crippen molar-refractivity contribution in [2.75, 3.05) is 7.11 Å². The Balaban J connectivity index is 2.24. The molecule has 0 saturated heterocycles. The molecule has 0 N–H and O–H groups in total. The number of ether oxygens (including phenoxy) is 1. The van der Waals surface area contributed by atoms with Gasteiger partial charge in [-0.2, -0.15) is 0 Å². The minimum absolute atomic E-state index is 0.315. The van der Waals surface area contributed by atoms with Gasteiger partial charge in [-0.1, -0.05) is 23.1 Å². The van der Waals surface area contributed by atoms with Crippen molar-refractivity contribution in [1.82, 2.24) is 9.78 Å². The third-order valence-electron chi connectivity index (χ3n) is 2.41. The lowest BCUT2D eigenvalue weighted by molar-refractivity contribution is -0.139. The summed E-state index contributed by atoms with van der Waals surface area (Å²) in [5, 5.41) is 3.97. The van der Waals surface area contributed by atoms with Crippen molar-refractivity contribution < 1.29 is 13.9 Å². The Kier molecular flexibility index (Phi) is 4.90. The largest absolute Gasteiger partial charge is 0.468 e. The molecule has 2 aromatic rings. The van der Waals surface area contributed by atoms with Gasteiger partial charge < -0.3 is 4.74 Å². The van der Waals surface area contributed by atoms with Gasteiger partial charge in [0.05, 0.1) is 12.8 Å². The number of benzene rings is 1. The molecule has 1 aromatic heterocycles. The molecule has 0 aliphatic heterocycles. The van der Waals surface area contributed by atoms with Crippen LogP contribution in [0.1, 0.15) is 6.92 Å². The first-order valence-corrected chi connectivity index (χ1v) is 7.72. The van der Waals surface area contributed by atoms with Gasteiger partial charge in [0.1, 0.15) is 11.1 Å². The predicted octanol–water partition coefficient (Wildman–Crippen LogP) is 3.46. The minimum Gasteiger partial charge on any atom is -0.468 e. The molecule has 0 aliphatic rings. The van der Waals surface area contributed by atoms with E-state index in [4.69, 9.17) is 12.2 Å². The summed E-state index contributed by atoms with van der Waals surface area (Å²) in [6, 6.07) is 5.90. The number of carbonyl (C=O) groups is 1. The predicted molar refractivity (Wildman–Crippen MR) is 79.6 cm³/mol. The third-order valence-corrected chi connectivity index (χ3v) is 4.81. The number of nitrogens with zero attached hydrogens (tertiary/aromatic N) is 2. The zero-order valence-corrected chi connectivity index (χ0v) is 13.1. The van der Waals surface area contributed by atoms with Crippen LogP contribution in [0.25, 0.3) is 5.69 Å².